The molecule has 0 bridgehead atoms. The molecular weight excluding hydrogens is 288 g/mol. The highest BCUT2D eigenvalue weighted by molar-refractivity contribution is 7.18. The molecule has 6 nitrogen and oxygen atoms in total. The van der Waals surface area contributed by atoms with E-state index in [0.29, 0.717) is 27.9 Å². The van der Waals surface area contributed by atoms with Crippen LogP contribution in [-0.4, -0.2) is 32.2 Å². The maximum atomic E-state index is 12.0. The SMILES string of the molecule is CCCNC(=O)c1sc(NCC2CCOC2)c(C#N)c1N. The minimum atomic E-state index is -0.215. The summed E-state index contributed by atoms with van der Waals surface area (Å²) in [5.74, 6) is 0.227. The van der Waals surface area contributed by atoms with E-state index in [4.69, 9.17) is 10.5 Å². The van der Waals surface area contributed by atoms with Crippen LogP contribution in [0.4, 0.5) is 10.7 Å². The normalized spacial score (nSPS) is 17.4. The fourth-order valence-electron chi connectivity index (χ4n) is 2.15. The van der Waals surface area contributed by atoms with Crippen molar-refractivity contribution in [3.63, 3.8) is 0 Å². The van der Waals surface area contributed by atoms with Crippen molar-refractivity contribution >= 4 is 27.9 Å². The van der Waals surface area contributed by atoms with Gasteiger partial charge in [0, 0.05) is 25.6 Å². The zero-order valence-corrected chi connectivity index (χ0v) is 12.9. The van der Waals surface area contributed by atoms with Gasteiger partial charge in [0.25, 0.3) is 5.91 Å². The van der Waals surface area contributed by atoms with Gasteiger partial charge >= 0.3 is 0 Å². The number of nitriles is 1. The van der Waals surface area contributed by atoms with Gasteiger partial charge in [-0.3, -0.25) is 4.79 Å². The van der Waals surface area contributed by atoms with Crippen LogP contribution in [-0.2, 0) is 4.74 Å². The number of nitrogens with zero attached hydrogens (tertiary/aromatic N) is 1. The molecule has 0 radical (unpaired) electrons. The standard InChI is InChI=1S/C14H20N4O2S/c1-2-4-17-13(19)12-11(16)10(6-15)14(21-12)18-7-9-3-5-20-8-9/h9,18H,2-5,7-8,16H2,1H3,(H,17,19). The van der Waals surface area contributed by atoms with Crippen LogP contribution in [0.2, 0.25) is 0 Å². The molecule has 21 heavy (non-hydrogen) atoms. The Morgan fingerprint density at radius 3 is 3.05 bits per heavy atom. The summed E-state index contributed by atoms with van der Waals surface area (Å²) in [6, 6.07) is 2.08. The van der Waals surface area contributed by atoms with E-state index in [1.54, 1.807) is 0 Å². The Hall–Kier alpha value is -1.78. The molecule has 7 heteroatoms. The van der Waals surface area contributed by atoms with Crippen molar-refractivity contribution in [2.45, 2.75) is 19.8 Å². The molecule has 1 aromatic heterocycles. The molecule has 1 fully saturated rings. The highest BCUT2D eigenvalue weighted by atomic mass is 32.1. The van der Waals surface area contributed by atoms with E-state index < -0.39 is 0 Å². The first-order valence-electron chi connectivity index (χ1n) is 7.09. The molecule has 1 unspecified atom stereocenters. The Kier molecular flexibility index (Phi) is 5.42. The lowest BCUT2D eigenvalue weighted by molar-refractivity contribution is 0.0958. The number of anilines is 2. The van der Waals surface area contributed by atoms with Crippen molar-refractivity contribution in [1.29, 1.82) is 5.26 Å². The maximum Gasteiger partial charge on any atom is 0.263 e. The number of ether oxygens (including phenoxy) is 1. The first kappa shape index (κ1) is 15.6. The maximum absolute atomic E-state index is 12.0. The Morgan fingerprint density at radius 1 is 1.62 bits per heavy atom. The minimum absolute atomic E-state index is 0.215. The van der Waals surface area contributed by atoms with Gasteiger partial charge in [-0.15, -0.1) is 11.3 Å². The van der Waals surface area contributed by atoms with Crippen molar-refractivity contribution in [2.24, 2.45) is 5.92 Å². The van der Waals surface area contributed by atoms with Gasteiger partial charge in [0.05, 0.1) is 12.3 Å². The Balaban J connectivity index is 2.09. The monoisotopic (exact) mass is 308 g/mol. The molecule has 1 aliphatic heterocycles. The number of amides is 1. The first-order chi connectivity index (χ1) is 10.2. The molecule has 0 spiro atoms. The Morgan fingerprint density at radius 2 is 2.43 bits per heavy atom. The summed E-state index contributed by atoms with van der Waals surface area (Å²) in [6.45, 7) is 4.83. The molecule has 1 saturated heterocycles. The van der Waals surface area contributed by atoms with Crippen molar-refractivity contribution in [3.05, 3.63) is 10.4 Å². The van der Waals surface area contributed by atoms with Crippen molar-refractivity contribution in [2.75, 3.05) is 37.4 Å². The Labute approximate surface area is 128 Å². The van der Waals surface area contributed by atoms with E-state index in [-0.39, 0.29) is 11.6 Å². The number of carbonyl (C=O) groups is 1. The summed E-state index contributed by atoms with van der Waals surface area (Å²) < 4.78 is 5.32. The van der Waals surface area contributed by atoms with Gasteiger partial charge in [-0.1, -0.05) is 6.92 Å². The third-order valence-electron chi connectivity index (χ3n) is 3.37. The van der Waals surface area contributed by atoms with E-state index in [0.717, 1.165) is 32.6 Å². The average Bonchev–Trinajstić information content (AvgIpc) is 3.10. The second-order valence-corrected chi connectivity index (χ2v) is 6.05. The third-order valence-corrected chi connectivity index (χ3v) is 4.54. The predicted molar refractivity (Wildman–Crippen MR) is 83.5 cm³/mol. The molecule has 4 N–H and O–H groups in total. The molecule has 2 heterocycles. The van der Waals surface area contributed by atoms with Gasteiger partial charge in [-0.2, -0.15) is 5.26 Å². The van der Waals surface area contributed by atoms with Crippen molar-refractivity contribution in [3.8, 4) is 6.07 Å². The van der Waals surface area contributed by atoms with E-state index in [1.165, 1.54) is 11.3 Å². The summed E-state index contributed by atoms with van der Waals surface area (Å²) in [4.78, 5) is 12.4. The van der Waals surface area contributed by atoms with E-state index in [2.05, 4.69) is 16.7 Å². The Bertz CT molecular complexity index is 544. The van der Waals surface area contributed by atoms with Gasteiger partial charge < -0.3 is 21.1 Å². The van der Waals surface area contributed by atoms with Gasteiger partial charge in [0.2, 0.25) is 0 Å². The van der Waals surface area contributed by atoms with E-state index in [1.807, 2.05) is 6.92 Å². The number of thiophene rings is 1. The van der Waals surface area contributed by atoms with Gasteiger partial charge in [0.15, 0.2) is 0 Å². The topological polar surface area (TPSA) is 100 Å². The van der Waals surface area contributed by atoms with Crippen LogP contribution in [0.25, 0.3) is 0 Å². The highest BCUT2D eigenvalue weighted by Crippen LogP contribution is 2.35. The number of rotatable bonds is 6. The zero-order chi connectivity index (χ0) is 15.2. The molecule has 114 valence electrons. The van der Waals surface area contributed by atoms with Crippen LogP contribution >= 0.6 is 11.3 Å². The average molecular weight is 308 g/mol. The molecule has 1 aliphatic rings. The molecule has 1 amide bonds. The fraction of sp³-hybridized carbons (Fsp3) is 0.571. The predicted octanol–water partition coefficient (Wildman–Crippen LogP) is 1.79. The molecule has 0 saturated carbocycles. The minimum Gasteiger partial charge on any atom is -0.396 e. The summed E-state index contributed by atoms with van der Waals surface area (Å²) in [5, 5.41) is 15.9. The van der Waals surface area contributed by atoms with E-state index in [9.17, 15) is 10.1 Å². The molecule has 0 aromatic carbocycles. The van der Waals surface area contributed by atoms with Gasteiger partial charge in [-0.25, -0.2) is 0 Å². The third kappa shape index (κ3) is 3.65. The molecule has 1 aromatic rings. The highest BCUT2D eigenvalue weighted by Gasteiger charge is 2.22. The quantitative estimate of drug-likeness (QED) is 0.744. The number of nitrogens with two attached hydrogens (primary N) is 1. The van der Waals surface area contributed by atoms with Crippen LogP contribution in [0.1, 0.15) is 35.0 Å². The number of nitrogens with one attached hydrogen (secondary N) is 2. The van der Waals surface area contributed by atoms with E-state index >= 15 is 0 Å². The summed E-state index contributed by atoms with van der Waals surface area (Å²) in [5.41, 5.74) is 6.56. The molecule has 1 atom stereocenters. The number of nitrogen functional groups attached to an aromatic ring is 1. The summed E-state index contributed by atoms with van der Waals surface area (Å²) in [7, 11) is 0. The fourth-order valence-corrected chi connectivity index (χ4v) is 3.14. The molecule has 0 aliphatic carbocycles. The second kappa shape index (κ2) is 7.29. The lowest BCUT2D eigenvalue weighted by Gasteiger charge is -2.08. The smallest absolute Gasteiger partial charge is 0.263 e. The number of hydrogen-bond acceptors (Lipinski definition) is 6. The molecule has 2 rings (SSSR count). The van der Waals surface area contributed by atoms with Gasteiger partial charge in [-0.05, 0) is 12.8 Å². The number of hydrogen-bond donors (Lipinski definition) is 3. The summed E-state index contributed by atoms with van der Waals surface area (Å²) in [6.07, 6.45) is 1.87. The van der Waals surface area contributed by atoms with Crippen LogP contribution in [0.3, 0.4) is 0 Å². The van der Waals surface area contributed by atoms with Crippen molar-refractivity contribution in [1.82, 2.24) is 5.32 Å². The lowest BCUT2D eigenvalue weighted by Crippen LogP contribution is -2.23. The van der Waals surface area contributed by atoms with Crippen LogP contribution < -0.4 is 16.4 Å². The van der Waals surface area contributed by atoms with Crippen LogP contribution in [0.15, 0.2) is 0 Å². The van der Waals surface area contributed by atoms with Crippen molar-refractivity contribution < 1.29 is 9.53 Å². The molecular formula is C14H20N4O2S. The largest absolute Gasteiger partial charge is 0.396 e. The zero-order valence-electron chi connectivity index (χ0n) is 12.1. The lowest BCUT2D eigenvalue weighted by atomic mass is 10.1. The van der Waals surface area contributed by atoms with Crippen LogP contribution in [0.5, 0.6) is 0 Å². The van der Waals surface area contributed by atoms with Crippen LogP contribution in [0, 0.1) is 17.2 Å². The second-order valence-electron chi connectivity index (χ2n) is 5.03. The summed E-state index contributed by atoms with van der Waals surface area (Å²) >= 11 is 1.24. The first-order valence-corrected chi connectivity index (χ1v) is 7.91. The van der Waals surface area contributed by atoms with Gasteiger partial charge in [0.1, 0.15) is 21.5 Å². The number of carbonyl (C=O) groups excluding carboxylic acids is 1.